The van der Waals surface area contributed by atoms with Gasteiger partial charge in [-0.05, 0) is 18.6 Å². The van der Waals surface area contributed by atoms with Gasteiger partial charge in [0.1, 0.15) is 0 Å². The van der Waals surface area contributed by atoms with Gasteiger partial charge < -0.3 is 0 Å². The molecule has 0 radical (unpaired) electrons. The molecule has 0 aromatic heterocycles. The van der Waals surface area contributed by atoms with Crippen LogP contribution >= 0.6 is 0 Å². The van der Waals surface area contributed by atoms with E-state index >= 15 is 0 Å². The molecule has 90 valence electrons. The van der Waals surface area contributed by atoms with Crippen molar-refractivity contribution in [2.75, 3.05) is 7.11 Å². The number of terminal acetylenes is 1. The molecule has 0 amide bonds. The summed E-state index contributed by atoms with van der Waals surface area (Å²) in [5.74, 6) is 2.63. The Morgan fingerprint density at radius 2 is 1.94 bits per heavy atom. The minimum absolute atomic E-state index is 0.685. The van der Waals surface area contributed by atoms with Crippen LogP contribution in [0.3, 0.4) is 0 Å². The summed E-state index contributed by atoms with van der Waals surface area (Å²) in [7, 11) is 1.61. The van der Waals surface area contributed by atoms with Crippen LogP contribution in [-0.2, 0) is 4.84 Å². The molecule has 0 atom stereocenters. The largest absolute Gasteiger partial charge is 0.272 e. The van der Waals surface area contributed by atoms with Gasteiger partial charge in [-0.2, -0.15) is 0 Å². The Hall–Kier alpha value is -2.24. The molecule has 0 spiro atoms. The maximum Gasteiger partial charge on any atom is 0.0797 e. The molecular formula is C16H15NO. The van der Waals surface area contributed by atoms with Crippen molar-refractivity contribution in [3.63, 3.8) is 0 Å². The van der Waals surface area contributed by atoms with Gasteiger partial charge in [0, 0.05) is 5.56 Å². The van der Waals surface area contributed by atoms with Crippen LogP contribution in [-0.4, -0.2) is 12.2 Å². The second-order valence-electron chi connectivity index (χ2n) is 4.02. The third kappa shape index (κ3) is 1.97. The molecule has 0 N–H and O–H groups in total. The summed E-state index contributed by atoms with van der Waals surface area (Å²) in [6.07, 6.45) is 7.43. The minimum atomic E-state index is 0.685. The number of nitrogens with zero attached hydrogens (tertiary/aromatic N) is 1. The summed E-state index contributed by atoms with van der Waals surface area (Å²) >= 11 is 0. The van der Waals surface area contributed by atoms with Crippen molar-refractivity contribution >= 4 is 5.70 Å². The van der Waals surface area contributed by atoms with Crippen molar-refractivity contribution in [1.29, 1.82) is 0 Å². The molecule has 2 heteroatoms. The highest BCUT2D eigenvalue weighted by Gasteiger charge is 2.23. The highest BCUT2D eigenvalue weighted by Crippen LogP contribution is 2.34. The average molecular weight is 237 g/mol. The lowest BCUT2D eigenvalue weighted by Crippen LogP contribution is -2.24. The average Bonchev–Trinajstić information content (AvgIpc) is 2.41. The van der Waals surface area contributed by atoms with Crippen molar-refractivity contribution < 1.29 is 4.84 Å². The molecule has 2 nitrogen and oxygen atoms in total. The summed E-state index contributed by atoms with van der Waals surface area (Å²) in [5.41, 5.74) is 4.54. The van der Waals surface area contributed by atoms with Gasteiger partial charge in [-0.25, -0.2) is 5.06 Å². The summed E-state index contributed by atoms with van der Waals surface area (Å²) in [4.78, 5) is 5.41. The molecule has 0 saturated heterocycles. The highest BCUT2D eigenvalue weighted by atomic mass is 16.7. The zero-order chi connectivity index (χ0) is 13.1. The predicted molar refractivity (Wildman–Crippen MR) is 73.9 cm³/mol. The Bertz CT molecular complexity index is 573. The lowest BCUT2D eigenvalue weighted by atomic mass is 9.99. The lowest BCUT2D eigenvalue weighted by molar-refractivity contribution is -0.0427. The molecule has 1 aromatic carbocycles. The standard InChI is InChI=1S/C16H15NO/c1-5-14-11-12(2)16(17(18-4)13(14)3)15-9-7-6-8-10-15/h1,6-11H,3H2,2,4H3. The third-order valence-corrected chi connectivity index (χ3v) is 2.88. The van der Waals surface area contributed by atoms with Crippen LogP contribution in [0.25, 0.3) is 5.70 Å². The van der Waals surface area contributed by atoms with Crippen LogP contribution in [0.5, 0.6) is 0 Å². The van der Waals surface area contributed by atoms with Crippen LogP contribution < -0.4 is 0 Å². The first kappa shape index (κ1) is 12.2. The quantitative estimate of drug-likeness (QED) is 0.731. The number of allylic oxidation sites excluding steroid dienone is 3. The molecule has 0 fully saturated rings. The van der Waals surface area contributed by atoms with Crippen LogP contribution in [0.4, 0.5) is 0 Å². The van der Waals surface area contributed by atoms with Gasteiger partial charge in [-0.3, -0.25) is 4.84 Å². The molecule has 1 aliphatic heterocycles. The van der Waals surface area contributed by atoms with Gasteiger partial charge in [0.25, 0.3) is 0 Å². The second-order valence-corrected chi connectivity index (χ2v) is 4.02. The molecule has 2 rings (SSSR count). The van der Waals surface area contributed by atoms with E-state index in [0.717, 1.165) is 22.4 Å². The van der Waals surface area contributed by atoms with E-state index in [2.05, 4.69) is 12.5 Å². The Kier molecular flexibility index (Phi) is 3.36. The van der Waals surface area contributed by atoms with Gasteiger partial charge in [-0.15, -0.1) is 6.42 Å². The van der Waals surface area contributed by atoms with Crippen LogP contribution in [0.15, 0.2) is 59.8 Å². The van der Waals surface area contributed by atoms with E-state index in [-0.39, 0.29) is 0 Å². The van der Waals surface area contributed by atoms with Gasteiger partial charge >= 0.3 is 0 Å². The summed E-state index contributed by atoms with van der Waals surface area (Å²) in [6, 6.07) is 10.0. The van der Waals surface area contributed by atoms with E-state index in [0.29, 0.717) is 5.70 Å². The monoisotopic (exact) mass is 237 g/mol. The maximum atomic E-state index is 5.47. The van der Waals surface area contributed by atoms with Crippen molar-refractivity contribution in [3.05, 3.63) is 65.4 Å². The SMILES string of the molecule is C#CC1=CC(C)=C(c2ccccc2)N(OC)C1=C. The smallest absolute Gasteiger partial charge is 0.0797 e. The van der Waals surface area contributed by atoms with E-state index < -0.39 is 0 Å². The Morgan fingerprint density at radius 1 is 1.28 bits per heavy atom. The fourth-order valence-electron chi connectivity index (χ4n) is 2.04. The van der Waals surface area contributed by atoms with E-state index in [1.54, 1.807) is 12.2 Å². The number of hydrogen-bond acceptors (Lipinski definition) is 2. The van der Waals surface area contributed by atoms with Gasteiger partial charge in [0.2, 0.25) is 0 Å². The topological polar surface area (TPSA) is 12.5 Å². The summed E-state index contributed by atoms with van der Waals surface area (Å²) < 4.78 is 0. The fraction of sp³-hybridized carbons (Fsp3) is 0.125. The maximum absolute atomic E-state index is 5.47. The van der Waals surface area contributed by atoms with Crippen molar-refractivity contribution in [2.24, 2.45) is 0 Å². The fourth-order valence-corrected chi connectivity index (χ4v) is 2.04. The van der Waals surface area contributed by atoms with Gasteiger partial charge in [0.05, 0.1) is 24.1 Å². The van der Waals surface area contributed by atoms with Crippen molar-refractivity contribution in [3.8, 4) is 12.3 Å². The number of benzene rings is 1. The molecule has 0 saturated carbocycles. The Labute approximate surface area is 108 Å². The molecule has 1 aromatic rings. The molecule has 0 unspecified atom stereocenters. The van der Waals surface area contributed by atoms with Crippen LogP contribution in [0.2, 0.25) is 0 Å². The molecule has 1 heterocycles. The lowest BCUT2D eigenvalue weighted by Gasteiger charge is -2.31. The van der Waals surface area contributed by atoms with E-state index in [4.69, 9.17) is 11.3 Å². The highest BCUT2D eigenvalue weighted by molar-refractivity contribution is 5.74. The first-order chi connectivity index (χ1) is 8.69. The van der Waals surface area contributed by atoms with Gasteiger partial charge in [0.15, 0.2) is 0 Å². The van der Waals surface area contributed by atoms with Crippen LogP contribution in [0.1, 0.15) is 12.5 Å². The molecule has 0 bridgehead atoms. The molecule has 18 heavy (non-hydrogen) atoms. The zero-order valence-electron chi connectivity index (χ0n) is 10.6. The summed E-state index contributed by atoms with van der Waals surface area (Å²) in [6.45, 7) is 6.00. The van der Waals surface area contributed by atoms with Crippen LogP contribution in [0, 0.1) is 12.3 Å². The van der Waals surface area contributed by atoms with E-state index in [1.165, 1.54) is 0 Å². The number of hydroxylamine groups is 2. The minimum Gasteiger partial charge on any atom is -0.272 e. The molecular weight excluding hydrogens is 222 g/mol. The third-order valence-electron chi connectivity index (χ3n) is 2.88. The van der Waals surface area contributed by atoms with Crippen molar-refractivity contribution in [2.45, 2.75) is 6.92 Å². The Balaban J connectivity index is 2.59. The second kappa shape index (κ2) is 4.95. The number of rotatable bonds is 2. The predicted octanol–water partition coefficient (Wildman–Crippen LogP) is 3.37. The zero-order valence-corrected chi connectivity index (χ0v) is 10.6. The first-order valence-corrected chi connectivity index (χ1v) is 5.67. The number of hydrogen-bond donors (Lipinski definition) is 0. The Morgan fingerprint density at radius 3 is 2.50 bits per heavy atom. The molecule has 1 aliphatic rings. The summed E-state index contributed by atoms with van der Waals surface area (Å²) in [5, 5.41) is 1.68. The van der Waals surface area contributed by atoms with E-state index in [9.17, 15) is 0 Å². The normalized spacial score (nSPS) is 15.5. The molecule has 0 aliphatic carbocycles. The van der Waals surface area contributed by atoms with Crippen molar-refractivity contribution in [1.82, 2.24) is 5.06 Å². The first-order valence-electron chi connectivity index (χ1n) is 5.67. The van der Waals surface area contributed by atoms with E-state index in [1.807, 2.05) is 43.3 Å². The van der Waals surface area contributed by atoms with Gasteiger partial charge in [-0.1, -0.05) is 42.8 Å².